The van der Waals surface area contributed by atoms with Crippen molar-refractivity contribution in [2.45, 2.75) is 32.4 Å². The van der Waals surface area contributed by atoms with Gasteiger partial charge in [-0.3, -0.25) is 0 Å². The van der Waals surface area contributed by atoms with Gasteiger partial charge in [-0.05, 0) is 12.1 Å². The first-order valence-electron chi connectivity index (χ1n) is 6.76. The Morgan fingerprint density at radius 3 is 2.70 bits per heavy atom. The van der Waals surface area contributed by atoms with Gasteiger partial charge in [0.1, 0.15) is 6.73 Å². The molecule has 1 heterocycles. The van der Waals surface area contributed by atoms with E-state index < -0.39 is 15.2 Å². The minimum atomic E-state index is -1.50. The van der Waals surface area contributed by atoms with Crippen LogP contribution < -0.4 is 5.46 Å². The van der Waals surface area contributed by atoms with Gasteiger partial charge < -0.3 is 19.4 Å². The first kappa shape index (κ1) is 15.2. The Balaban J connectivity index is 2.07. The number of nitrogens with zero attached hydrogens (tertiary/aromatic N) is 2. The zero-order chi connectivity index (χ0) is 14.8. The van der Waals surface area contributed by atoms with Crippen molar-refractivity contribution in [3.63, 3.8) is 0 Å². The molecule has 0 atom stereocenters. The molecule has 20 heavy (non-hydrogen) atoms. The molecule has 0 aliphatic carbocycles. The first-order valence-corrected chi connectivity index (χ1v) is 10.5. The normalized spacial score (nSPS) is 12.1. The zero-order valence-electron chi connectivity index (χ0n) is 12.2. The number of aromatic nitrogens is 2. The average Bonchev–Trinajstić information content (AvgIpc) is 2.76. The Bertz CT molecular complexity index is 580. The molecule has 0 saturated heterocycles. The second kappa shape index (κ2) is 6.09. The van der Waals surface area contributed by atoms with Gasteiger partial charge in [0.25, 0.3) is 0 Å². The number of ether oxygens (including phenoxy) is 1. The highest BCUT2D eigenvalue weighted by Crippen LogP contribution is 2.12. The summed E-state index contributed by atoms with van der Waals surface area (Å²) in [5.41, 5.74) is 1.88. The van der Waals surface area contributed by atoms with E-state index in [-0.39, 0.29) is 0 Å². The highest BCUT2D eigenvalue weighted by Gasteiger charge is 2.17. The average molecular weight is 292 g/mol. The highest BCUT2D eigenvalue weighted by molar-refractivity contribution is 6.76. The second-order valence-corrected chi connectivity index (χ2v) is 11.8. The lowest BCUT2D eigenvalue weighted by atomic mass is 9.79. The van der Waals surface area contributed by atoms with Crippen LogP contribution in [0, 0.1) is 0 Å². The molecule has 0 unspecified atom stereocenters. The summed E-state index contributed by atoms with van der Waals surface area (Å²) in [6, 6.07) is 6.48. The van der Waals surface area contributed by atoms with Gasteiger partial charge in [0.2, 0.25) is 0 Å². The second-order valence-electron chi connectivity index (χ2n) is 6.15. The number of imidazole rings is 1. The lowest BCUT2D eigenvalue weighted by Crippen LogP contribution is -2.30. The molecule has 7 heteroatoms. The molecule has 0 aliphatic rings. The van der Waals surface area contributed by atoms with Gasteiger partial charge in [-0.2, -0.15) is 0 Å². The van der Waals surface area contributed by atoms with Crippen LogP contribution in [0.15, 0.2) is 24.5 Å². The topological polar surface area (TPSA) is 67.5 Å². The molecule has 0 fully saturated rings. The lowest BCUT2D eigenvalue weighted by molar-refractivity contribution is 0.0898. The minimum Gasteiger partial charge on any atom is -0.423 e. The van der Waals surface area contributed by atoms with Crippen molar-refractivity contribution in [2.24, 2.45) is 0 Å². The van der Waals surface area contributed by atoms with E-state index in [1.54, 1.807) is 18.5 Å². The van der Waals surface area contributed by atoms with Gasteiger partial charge in [0, 0.05) is 20.1 Å². The third kappa shape index (κ3) is 3.70. The van der Waals surface area contributed by atoms with Gasteiger partial charge in [0.15, 0.2) is 0 Å². The summed E-state index contributed by atoms with van der Waals surface area (Å²) in [7, 11) is -2.58. The molecule has 2 rings (SSSR count). The highest BCUT2D eigenvalue weighted by atomic mass is 28.3. The molecule has 0 spiro atoms. The van der Waals surface area contributed by atoms with E-state index in [0.29, 0.717) is 17.7 Å². The van der Waals surface area contributed by atoms with E-state index in [2.05, 4.69) is 24.6 Å². The monoisotopic (exact) mass is 292 g/mol. The largest absolute Gasteiger partial charge is 0.490 e. The molecule has 0 saturated carbocycles. The number of hydrogen-bond acceptors (Lipinski definition) is 4. The van der Waals surface area contributed by atoms with Crippen LogP contribution in [0.25, 0.3) is 11.0 Å². The van der Waals surface area contributed by atoms with E-state index in [0.717, 1.165) is 18.2 Å². The molecular formula is C13H21BN2O3Si. The van der Waals surface area contributed by atoms with Gasteiger partial charge in [0.05, 0.1) is 17.4 Å². The Kier molecular flexibility index (Phi) is 4.64. The Morgan fingerprint density at radius 2 is 2.05 bits per heavy atom. The molecule has 1 aromatic carbocycles. The number of rotatable bonds is 6. The minimum absolute atomic E-state index is 0.420. The smallest absolute Gasteiger partial charge is 0.423 e. The standard InChI is InChI=1S/C13H21BN2O3Si/c1-20(2,3)8-7-19-10-16-9-15-13-11(14(17)18)5-4-6-12(13)16/h4-6,9,17-18H,7-8,10H2,1-3H3. The summed E-state index contributed by atoms with van der Waals surface area (Å²) in [5, 5.41) is 18.6. The third-order valence-electron chi connectivity index (χ3n) is 3.19. The van der Waals surface area contributed by atoms with Gasteiger partial charge in [-0.25, -0.2) is 4.98 Å². The van der Waals surface area contributed by atoms with Crippen molar-refractivity contribution >= 4 is 31.7 Å². The fourth-order valence-corrected chi connectivity index (χ4v) is 2.72. The quantitative estimate of drug-likeness (QED) is 0.616. The van der Waals surface area contributed by atoms with E-state index in [4.69, 9.17) is 4.74 Å². The fourth-order valence-electron chi connectivity index (χ4n) is 1.96. The van der Waals surface area contributed by atoms with Crippen molar-refractivity contribution in [2.75, 3.05) is 6.61 Å². The van der Waals surface area contributed by atoms with E-state index in [1.807, 2.05) is 10.6 Å². The maximum atomic E-state index is 9.31. The molecule has 0 radical (unpaired) electrons. The van der Waals surface area contributed by atoms with Crippen LogP contribution >= 0.6 is 0 Å². The van der Waals surface area contributed by atoms with Crippen LogP contribution in [0.2, 0.25) is 25.7 Å². The van der Waals surface area contributed by atoms with Crippen molar-refractivity contribution in [3.05, 3.63) is 24.5 Å². The molecule has 1 aromatic heterocycles. The Hall–Kier alpha value is -1.15. The summed E-state index contributed by atoms with van der Waals surface area (Å²) in [5.74, 6) is 0. The molecule has 5 nitrogen and oxygen atoms in total. The molecule has 0 bridgehead atoms. The summed E-state index contributed by atoms with van der Waals surface area (Å²) in [6.07, 6.45) is 1.67. The van der Waals surface area contributed by atoms with Crippen molar-refractivity contribution in [1.29, 1.82) is 0 Å². The summed E-state index contributed by atoms with van der Waals surface area (Å²) >= 11 is 0. The number of benzene rings is 1. The van der Waals surface area contributed by atoms with Crippen LogP contribution in [0.1, 0.15) is 0 Å². The van der Waals surface area contributed by atoms with Gasteiger partial charge in [-0.1, -0.05) is 31.8 Å². The predicted octanol–water partition coefficient (Wildman–Crippen LogP) is 1.03. The van der Waals surface area contributed by atoms with E-state index >= 15 is 0 Å². The van der Waals surface area contributed by atoms with E-state index in [1.165, 1.54) is 0 Å². The van der Waals surface area contributed by atoms with Gasteiger partial charge >= 0.3 is 7.12 Å². The molecule has 0 amide bonds. The summed E-state index contributed by atoms with van der Waals surface area (Å²) in [6.45, 7) is 8.14. The van der Waals surface area contributed by atoms with Crippen LogP contribution in [-0.4, -0.2) is 41.4 Å². The maximum Gasteiger partial charge on any atom is 0.490 e. The SMILES string of the molecule is C[Si](C)(C)CCOCn1cnc2c(B(O)O)cccc21. The molecule has 2 N–H and O–H groups in total. The summed E-state index contributed by atoms with van der Waals surface area (Å²) < 4.78 is 7.58. The van der Waals surface area contributed by atoms with Crippen LogP contribution in [0.4, 0.5) is 0 Å². The number of fused-ring (bicyclic) bond motifs is 1. The predicted molar refractivity (Wildman–Crippen MR) is 83.7 cm³/mol. The van der Waals surface area contributed by atoms with Crippen molar-refractivity contribution < 1.29 is 14.8 Å². The number of para-hydroxylation sites is 1. The molecule has 108 valence electrons. The number of hydrogen-bond donors (Lipinski definition) is 2. The Morgan fingerprint density at radius 1 is 1.30 bits per heavy atom. The first-order chi connectivity index (χ1) is 9.38. The Labute approximate surface area is 120 Å². The van der Waals surface area contributed by atoms with Crippen LogP contribution in [-0.2, 0) is 11.5 Å². The van der Waals surface area contributed by atoms with E-state index in [9.17, 15) is 10.0 Å². The van der Waals surface area contributed by atoms with Gasteiger partial charge in [-0.15, -0.1) is 0 Å². The van der Waals surface area contributed by atoms with Crippen LogP contribution in [0.5, 0.6) is 0 Å². The van der Waals surface area contributed by atoms with Crippen molar-refractivity contribution in [1.82, 2.24) is 9.55 Å². The molecular weight excluding hydrogens is 271 g/mol. The molecule has 2 aromatic rings. The van der Waals surface area contributed by atoms with Crippen molar-refractivity contribution in [3.8, 4) is 0 Å². The van der Waals surface area contributed by atoms with Crippen LogP contribution in [0.3, 0.4) is 0 Å². The zero-order valence-corrected chi connectivity index (χ0v) is 13.2. The molecule has 0 aliphatic heterocycles. The fraction of sp³-hybridized carbons (Fsp3) is 0.462. The third-order valence-corrected chi connectivity index (χ3v) is 4.89. The summed E-state index contributed by atoms with van der Waals surface area (Å²) in [4.78, 5) is 4.24. The maximum absolute atomic E-state index is 9.31. The lowest BCUT2D eigenvalue weighted by Gasteiger charge is -2.15.